The van der Waals surface area contributed by atoms with E-state index >= 15 is 0 Å². The lowest BCUT2D eigenvalue weighted by Gasteiger charge is -2.20. The third kappa shape index (κ3) is 1.90. The fourth-order valence-corrected chi connectivity index (χ4v) is 2.11. The van der Waals surface area contributed by atoms with Gasteiger partial charge in [0.2, 0.25) is 0 Å². The molecule has 4 heteroatoms. The predicted molar refractivity (Wildman–Crippen MR) is 54.8 cm³/mol. The lowest BCUT2D eigenvalue weighted by molar-refractivity contribution is 0.0991. The van der Waals surface area contributed by atoms with Gasteiger partial charge in [-0.3, -0.25) is 4.68 Å². The van der Waals surface area contributed by atoms with Crippen LogP contribution < -0.4 is 5.73 Å². The van der Waals surface area contributed by atoms with Crippen molar-refractivity contribution in [3.05, 3.63) is 12.4 Å². The van der Waals surface area contributed by atoms with Crippen LogP contribution >= 0.6 is 0 Å². The summed E-state index contributed by atoms with van der Waals surface area (Å²) < 4.78 is 1.81. The van der Waals surface area contributed by atoms with E-state index in [1.165, 1.54) is 12.8 Å². The van der Waals surface area contributed by atoms with Crippen molar-refractivity contribution in [2.45, 2.75) is 44.2 Å². The summed E-state index contributed by atoms with van der Waals surface area (Å²) in [6.07, 6.45) is 8.56. The standard InChI is InChI=1S/C10H17N3O/c11-8-6-12-13(7-8)9-4-2-1-3-5-10(9)14/h6-7,9-10,14H,1-5,11H2. The number of nitrogens with zero attached hydrogens (tertiary/aromatic N) is 2. The topological polar surface area (TPSA) is 64.1 Å². The van der Waals surface area contributed by atoms with Crippen molar-refractivity contribution in [2.24, 2.45) is 0 Å². The number of hydrogen-bond acceptors (Lipinski definition) is 3. The SMILES string of the molecule is Nc1cnn(C2CCCCCC2O)c1. The molecule has 1 aromatic heterocycles. The fourth-order valence-electron chi connectivity index (χ4n) is 2.11. The molecule has 0 spiro atoms. The average Bonchev–Trinajstić information content (AvgIpc) is 2.46. The zero-order valence-corrected chi connectivity index (χ0v) is 8.26. The molecular weight excluding hydrogens is 178 g/mol. The smallest absolute Gasteiger partial charge is 0.0779 e. The van der Waals surface area contributed by atoms with Gasteiger partial charge in [0.1, 0.15) is 0 Å². The van der Waals surface area contributed by atoms with Gasteiger partial charge in [0.05, 0.1) is 24.0 Å². The summed E-state index contributed by atoms with van der Waals surface area (Å²) in [7, 11) is 0. The highest BCUT2D eigenvalue weighted by Gasteiger charge is 2.23. The van der Waals surface area contributed by atoms with E-state index in [1.807, 2.05) is 4.68 Å². The summed E-state index contributed by atoms with van der Waals surface area (Å²) in [6.45, 7) is 0. The highest BCUT2D eigenvalue weighted by atomic mass is 16.3. The van der Waals surface area contributed by atoms with E-state index in [1.54, 1.807) is 12.4 Å². The van der Waals surface area contributed by atoms with Gasteiger partial charge in [-0.05, 0) is 12.8 Å². The monoisotopic (exact) mass is 195 g/mol. The maximum atomic E-state index is 9.91. The number of aliphatic hydroxyl groups is 1. The van der Waals surface area contributed by atoms with Gasteiger partial charge >= 0.3 is 0 Å². The molecular formula is C10H17N3O. The number of rotatable bonds is 1. The molecule has 3 N–H and O–H groups in total. The highest BCUT2D eigenvalue weighted by molar-refractivity contribution is 5.30. The Morgan fingerprint density at radius 1 is 1.36 bits per heavy atom. The first-order valence-electron chi connectivity index (χ1n) is 5.25. The highest BCUT2D eigenvalue weighted by Crippen LogP contribution is 2.27. The quantitative estimate of drug-likeness (QED) is 0.664. The number of aliphatic hydroxyl groups excluding tert-OH is 1. The summed E-state index contributed by atoms with van der Waals surface area (Å²) >= 11 is 0. The van der Waals surface area contributed by atoms with Gasteiger partial charge in [-0.15, -0.1) is 0 Å². The third-order valence-electron chi connectivity index (χ3n) is 2.91. The first-order chi connectivity index (χ1) is 6.77. The van der Waals surface area contributed by atoms with Crippen LogP contribution in [-0.4, -0.2) is 21.0 Å². The fraction of sp³-hybridized carbons (Fsp3) is 0.700. The van der Waals surface area contributed by atoms with E-state index in [-0.39, 0.29) is 12.1 Å². The van der Waals surface area contributed by atoms with Gasteiger partial charge < -0.3 is 10.8 Å². The van der Waals surface area contributed by atoms with Crippen LogP contribution in [-0.2, 0) is 0 Å². The summed E-state index contributed by atoms with van der Waals surface area (Å²) in [5.74, 6) is 0. The molecule has 14 heavy (non-hydrogen) atoms. The maximum Gasteiger partial charge on any atom is 0.0779 e. The molecule has 0 bridgehead atoms. The third-order valence-corrected chi connectivity index (χ3v) is 2.91. The molecule has 1 saturated carbocycles. The van der Waals surface area contributed by atoms with Crippen molar-refractivity contribution in [3.8, 4) is 0 Å². The van der Waals surface area contributed by atoms with E-state index in [0.717, 1.165) is 19.3 Å². The summed E-state index contributed by atoms with van der Waals surface area (Å²) in [5.41, 5.74) is 6.27. The van der Waals surface area contributed by atoms with E-state index in [4.69, 9.17) is 5.73 Å². The van der Waals surface area contributed by atoms with Crippen molar-refractivity contribution in [1.82, 2.24) is 9.78 Å². The Balaban J connectivity index is 2.14. The molecule has 1 fully saturated rings. The lowest BCUT2D eigenvalue weighted by atomic mass is 10.1. The summed E-state index contributed by atoms with van der Waals surface area (Å²) in [5, 5.41) is 14.1. The molecule has 1 heterocycles. The van der Waals surface area contributed by atoms with E-state index < -0.39 is 0 Å². The first-order valence-corrected chi connectivity index (χ1v) is 5.25. The molecule has 0 radical (unpaired) electrons. The molecule has 1 aromatic rings. The van der Waals surface area contributed by atoms with Gasteiger partial charge in [0, 0.05) is 6.20 Å². The Labute approximate surface area is 83.7 Å². The van der Waals surface area contributed by atoms with Crippen molar-refractivity contribution >= 4 is 5.69 Å². The Morgan fingerprint density at radius 2 is 2.14 bits per heavy atom. The first kappa shape index (κ1) is 9.52. The van der Waals surface area contributed by atoms with Gasteiger partial charge in [0.15, 0.2) is 0 Å². The van der Waals surface area contributed by atoms with E-state index in [9.17, 15) is 5.11 Å². The number of nitrogen functional groups attached to an aromatic ring is 1. The number of hydrogen-bond donors (Lipinski definition) is 2. The van der Waals surface area contributed by atoms with Crippen LogP contribution in [0.4, 0.5) is 5.69 Å². The minimum atomic E-state index is -0.267. The number of nitrogens with two attached hydrogens (primary N) is 1. The molecule has 78 valence electrons. The second-order valence-electron chi connectivity index (χ2n) is 4.03. The van der Waals surface area contributed by atoms with Crippen LogP contribution in [0.25, 0.3) is 0 Å². The Kier molecular flexibility index (Phi) is 2.72. The molecule has 0 amide bonds. The Morgan fingerprint density at radius 3 is 2.86 bits per heavy atom. The van der Waals surface area contributed by atoms with Gasteiger partial charge in [-0.2, -0.15) is 5.10 Å². The predicted octanol–water partition coefficient (Wildman–Crippen LogP) is 1.33. The van der Waals surface area contributed by atoms with Crippen LogP contribution in [0.2, 0.25) is 0 Å². The molecule has 2 unspecified atom stereocenters. The van der Waals surface area contributed by atoms with Crippen LogP contribution in [0.15, 0.2) is 12.4 Å². The molecule has 0 saturated heterocycles. The Hall–Kier alpha value is -1.03. The van der Waals surface area contributed by atoms with Crippen LogP contribution in [0, 0.1) is 0 Å². The summed E-state index contributed by atoms with van der Waals surface area (Å²) in [6, 6.07) is 0.120. The summed E-state index contributed by atoms with van der Waals surface area (Å²) in [4.78, 5) is 0. The van der Waals surface area contributed by atoms with Crippen molar-refractivity contribution < 1.29 is 5.11 Å². The molecule has 2 atom stereocenters. The zero-order valence-electron chi connectivity index (χ0n) is 8.26. The zero-order chi connectivity index (χ0) is 9.97. The average molecular weight is 195 g/mol. The molecule has 0 aromatic carbocycles. The van der Waals surface area contributed by atoms with Crippen LogP contribution in [0.3, 0.4) is 0 Å². The van der Waals surface area contributed by atoms with Crippen LogP contribution in [0.1, 0.15) is 38.1 Å². The molecule has 1 aliphatic carbocycles. The van der Waals surface area contributed by atoms with Crippen molar-refractivity contribution in [3.63, 3.8) is 0 Å². The molecule has 4 nitrogen and oxygen atoms in total. The normalized spacial score (nSPS) is 28.6. The largest absolute Gasteiger partial charge is 0.396 e. The van der Waals surface area contributed by atoms with Crippen molar-refractivity contribution in [2.75, 3.05) is 5.73 Å². The Bertz CT molecular complexity index is 297. The van der Waals surface area contributed by atoms with Gasteiger partial charge in [0.25, 0.3) is 0 Å². The van der Waals surface area contributed by atoms with Gasteiger partial charge in [-0.25, -0.2) is 0 Å². The second kappa shape index (κ2) is 4.00. The molecule has 2 rings (SSSR count). The molecule has 0 aliphatic heterocycles. The minimum absolute atomic E-state index is 0.120. The van der Waals surface area contributed by atoms with Gasteiger partial charge in [-0.1, -0.05) is 19.3 Å². The second-order valence-corrected chi connectivity index (χ2v) is 4.03. The number of anilines is 1. The van der Waals surface area contributed by atoms with Crippen molar-refractivity contribution in [1.29, 1.82) is 0 Å². The molecule has 1 aliphatic rings. The number of aromatic nitrogens is 2. The maximum absolute atomic E-state index is 9.91. The van der Waals surface area contributed by atoms with E-state index in [2.05, 4.69) is 5.10 Å². The lowest BCUT2D eigenvalue weighted by Crippen LogP contribution is -2.23. The van der Waals surface area contributed by atoms with E-state index in [0.29, 0.717) is 5.69 Å². The minimum Gasteiger partial charge on any atom is -0.396 e. The van der Waals surface area contributed by atoms with Crippen LogP contribution in [0.5, 0.6) is 0 Å².